The average molecular weight is 532 g/mol. The lowest BCUT2D eigenvalue weighted by Gasteiger charge is -2.39. The maximum Gasteiger partial charge on any atom is 0.409 e. The number of halogens is 1. The number of ether oxygens (including phenoxy) is 2. The van der Waals surface area contributed by atoms with Crippen molar-refractivity contribution < 1.29 is 22.7 Å². The Hall–Kier alpha value is -1.39. The van der Waals surface area contributed by atoms with Crippen LogP contribution in [-0.2, 0) is 19.5 Å². The van der Waals surface area contributed by atoms with Gasteiger partial charge in [-0.1, -0.05) is 24.4 Å². The number of amides is 1. The Bertz CT molecular complexity index is 833. The minimum Gasteiger partial charge on any atom is -0.453 e. The molecular weight excluding hydrogens is 490 g/mol. The van der Waals surface area contributed by atoms with Gasteiger partial charge in [0, 0.05) is 51.5 Å². The maximum absolute atomic E-state index is 12.2. The molecule has 1 aromatic rings. The molecule has 10 heteroatoms. The number of methoxy groups -OCH3 is 2. The van der Waals surface area contributed by atoms with E-state index in [1.54, 1.807) is 42.8 Å². The molecule has 0 saturated carbocycles. The Balaban J connectivity index is 0.000000222. The van der Waals surface area contributed by atoms with Crippen LogP contribution >= 0.6 is 11.6 Å². The Morgan fingerprint density at radius 3 is 1.80 bits per heavy atom. The predicted octanol–water partition coefficient (Wildman–Crippen LogP) is 4.48. The van der Waals surface area contributed by atoms with Crippen LogP contribution in [0.4, 0.5) is 4.79 Å². The lowest BCUT2D eigenvalue weighted by atomic mass is 10.0. The summed E-state index contributed by atoms with van der Waals surface area (Å²) >= 11 is 5.74. The van der Waals surface area contributed by atoms with Gasteiger partial charge in [-0.15, -0.1) is 0 Å². The number of benzene rings is 1. The summed E-state index contributed by atoms with van der Waals surface area (Å²) in [6.07, 6.45) is 9.14. The molecule has 3 heterocycles. The lowest BCUT2D eigenvalue weighted by molar-refractivity contribution is 0.0763. The Labute approximate surface area is 216 Å². The molecular formula is C25H42ClN3O5S. The van der Waals surface area contributed by atoms with Crippen molar-refractivity contribution in [2.45, 2.75) is 62.3 Å². The molecule has 1 aromatic carbocycles. The zero-order chi connectivity index (χ0) is 25.7. The molecule has 3 aliphatic rings. The number of hydrogen-bond acceptors (Lipinski definition) is 6. The van der Waals surface area contributed by atoms with E-state index in [4.69, 9.17) is 16.3 Å². The Morgan fingerprint density at radius 2 is 1.31 bits per heavy atom. The number of nitrogens with zero attached hydrogens (tertiary/aromatic N) is 3. The minimum absolute atomic E-state index is 0.169. The van der Waals surface area contributed by atoms with Crippen LogP contribution in [0.3, 0.4) is 0 Å². The topological polar surface area (TPSA) is 79.4 Å². The predicted molar refractivity (Wildman–Crippen MR) is 139 cm³/mol. The highest BCUT2D eigenvalue weighted by Gasteiger charge is 2.28. The molecule has 0 N–H and O–H groups in total. The van der Waals surface area contributed by atoms with Crippen LogP contribution in [0.15, 0.2) is 29.2 Å². The van der Waals surface area contributed by atoms with E-state index in [-0.39, 0.29) is 6.09 Å². The minimum atomic E-state index is -3.30. The highest BCUT2D eigenvalue weighted by atomic mass is 35.5. The highest BCUT2D eigenvalue weighted by Crippen LogP contribution is 2.22. The Kier molecular flexibility index (Phi) is 13.4. The van der Waals surface area contributed by atoms with Gasteiger partial charge < -0.3 is 19.3 Å². The van der Waals surface area contributed by atoms with Crippen molar-refractivity contribution in [1.82, 2.24) is 14.1 Å². The van der Waals surface area contributed by atoms with Gasteiger partial charge >= 0.3 is 6.09 Å². The van der Waals surface area contributed by atoms with Gasteiger partial charge in [0.05, 0.1) is 12.0 Å². The number of sulfonamides is 1. The average Bonchev–Trinajstić information content (AvgIpc) is 2.90. The first kappa shape index (κ1) is 29.8. The van der Waals surface area contributed by atoms with E-state index in [0.717, 1.165) is 45.2 Å². The van der Waals surface area contributed by atoms with Crippen LogP contribution < -0.4 is 0 Å². The second-order valence-corrected chi connectivity index (χ2v) is 11.5. The SMILES string of the molecule is COC.COC(=O)N1CCC(N2CCCCC2)CC1.O=S(=O)(c1ccc(Cl)cc1)N1CCCCC1. The van der Waals surface area contributed by atoms with E-state index in [2.05, 4.69) is 9.64 Å². The van der Waals surface area contributed by atoms with Crippen LogP contribution in [0, 0.1) is 0 Å². The molecule has 3 aliphatic heterocycles. The number of rotatable bonds is 3. The smallest absolute Gasteiger partial charge is 0.409 e. The van der Waals surface area contributed by atoms with Crippen LogP contribution in [0.5, 0.6) is 0 Å². The van der Waals surface area contributed by atoms with Crippen LogP contribution in [0.2, 0.25) is 5.02 Å². The summed E-state index contributed by atoms with van der Waals surface area (Å²) < 4.78 is 34.9. The molecule has 1 amide bonds. The summed E-state index contributed by atoms with van der Waals surface area (Å²) in [5.41, 5.74) is 0. The quantitative estimate of drug-likeness (QED) is 0.572. The number of carbonyl (C=O) groups excluding carboxylic acids is 1. The fourth-order valence-electron chi connectivity index (χ4n) is 4.69. The molecule has 3 fully saturated rings. The van der Waals surface area contributed by atoms with Crippen LogP contribution in [0.1, 0.15) is 51.4 Å². The van der Waals surface area contributed by atoms with Gasteiger partial charge in [0.2, 0.25) is 10.0 Å². The number of likely N-dealkylation sites (tertiary alicyclic amines) is 2. The molecule has 0 aliphatic carbocycles. The summed E-state index contributed by atoms with van der Waals surface area (Å²) in [5, 5.41) is 0.553. The fraction of sp³-hybridized carbons (Fsp3) is 0.720. The van der Waals surface area contributed by atoms with Crippen molar-refractivity contribution in [2.75, 3.05) is 60.6 Å². The molecule has 35 heavy (non-hydrogen) atoms. The van der Waals surface area contributed by atoms with Gasteiger partial charge in [-0.2, -0.15) is 4.31 Å². The van der Waals surface area contributed by atoms with E-state index in [9.17, 15) is 13.2 Å². The zero-order valence-corrected chi connectivity index (χ0v) is 23.0. The first-order valence-electron chi connectivity index (χ1n) is 12.6. The third-order valence-electron chi connectivity index (χ3n) is 6.57. The largest absolute Gasteiger partial charge is 0.453 e. The lowest BCUT2D eigenvalue weighted by Crippen LogP contribution is -2.48. The number of piperidine rings is 3. The molecule has 0 unspecified atom stereocenters. The molecule has 4 rings (SSSR count). The van der Waals surface area contributed by atoms with E-state index < -0.39 is 10.0 Å². The molecule has 0 bridgehead atoms. The molecule has 0 radical (unpaired) electrons. The number of carbonyl (C=O) groups is 1. The summed E-state index contributed by atoms with van der Waals surface area (Å²) in [6.45, 7) is 5.48. The second-order valence-electron chi connectivity index (χ2n) is 9.11. The van der Waals surface area contributed by atoms with Gasteiger partial charge in [-0.25, -0.2) is 13.2 Å². The zero-order valence-electron chi connectivity index (χ0n) is 21.5. The highest BCUT2D eigenvalue weighted by molar-refractivity contribution is 7.89. The van der Waals surface area contributed by atoms with Crippen molar-refractivity contribution in [3.05, 3.63) is 29.3 Å². The third kappa shape index (κ3) is 9.53. The van der Waals surface area contributed by atoms with Gasteiger partial charge in [-0.3, -0.25) is 0 Å². The third-order valence-corrected chi connectivity index (χ3v) is 8.74. The Morgan fingerprint density at radius 1 is 0.829 bits per heavy atom. The van der Waals surface area contributed by atoms with E-state index in [1.807, 2.05) is 4.90 Å². The first-order valence-corrected chi connectivity index (χ1v) is 14.4. The standard InChI is InChI=1S/C12H22N2O2.C11H14ClNO2S.C2H6O/c1-16-12(15)14-9-5-11(6-10-14)13-7-3-2-4-8-13;12-10-4-6-11(7-5-10)16(14,15)13-8-2-1-3-9-13;1-3-2/h11H,2-10H2,1H3;4-7H,1-3,8-9H2;1-2H3. The van der Waals surface area contributed by atoms with Crippen molar-refractivity contribution in [3.63, 3.8) is 0 Å². The molecule has 0 atom stereocenters. The second kappa shape index (κ2) is 15.7. The normalized spacial score (nSPS) is 20.2. The van der Waals surface area contributed by atoms with Crippen molar-refractivity contribution in [3.8, 4) is 0 Å². The molecule has 3 saturated heterocycles. The van der Waals surface area contributed by atoms with Crippen molar-refractivity contribution in [2.24, 2.45) is 0 Å². The van der Waals surface area contributed by atoms with Gasteiger partial charge in [0.15, 0.2) is 0 Å². The maximum atomic E-state index is 12.2. The van der Waals surface area contributed by atoms with E-state index >= 15 is 0 Å². The summed E-state index contributed by atoms with van der Waals surface area (Å²) in [7, 11) is 1.40. The van der Waals surface area contributed by atoms with Crippen molar-refractivity contribution in [1.29, 1.82) is 0 Å². The van der Waals surface area contributed by atoms with E-state index in [1.165, 1.54) is 39.5 Å². The van der Waals surface area contributed by atoms with Gasteiger partial charge in [0.1, 0.15) is 0 Å². The number of hydrogen-bond donors (Lipinski definition) is 0. The molecule has 0 aromatic heterocycles. The van der Waals surface area contributed by atoms with Gasteiger partial charge in [0.25, 0.3) is 0 Å². The van der Waals surface area contributed by atoms with Crippen molar-refractivity contribution >= 4 is 27.7 Å². The molecule has 0 spiro atoms. The summed E-state index contributed by atoms with van der Waals surface area (Å²) in [4.78, 5) is 16.1. The first-order chi connectivity index (χ1) is 16.8. The van der Waals surface area contributed by atoms with Crippen LogP contribution in [-0.4, -0.2) is 95.3 Å². The monoisotopic (exact) mass is 531 g/mol. The molecule has 200 valence electrons. The van der Waals surface area contributed by atoms with Crippen LogP contribution in [0.25, 0.3) is 0 Å². The summed E-state index contributed by atoms with van der Waals surface area (Å²) in [5.74, 6) is 0. The molecule has 8 nitrogen and oxygen atoms in total. The summed E-state index contributed by atoms with van der Waals surface area (Å²) in [6, 6.07) is 7.04. The fourth-order valence-corrected chi connectivity index (χ4v) is 6.33. The van der Waals surface area contributed by atoms with Gasteiger partial charge in [-0.05, 0) is 75.9 Å². The van der Waals surface area contributed by atoms with E-state index in [0.29, 0.717) is 29.0 Å².